The molecule has 0 N–H and O–H groups in total. The van der Waals surface area contributed by atoms with E-state index in [1.807, 2.05) is 30.3 Å². The number of likely N-dealkylation sites (tertiary alicyclic amines) is 1. The second-order valence-corrected chi connectivity index (χ2v) is 10.3. The molecule has 0 aromatic heterocycles. The molecule has 3 aromatic carbocycles. The number of hydrazone groups is 1. The summed E-state index contributed by atoms with van der Waals surface area (Å²) in [6.45, 7) is 4.36. The number of methoxy groups -OCH3 is 2. The minimum Gasteiger partial charge on any atom is -0.497 e. The van der Waals surface area contributed by atoms with Crippen LogP contribution in [0, 0.1) is 12.8 Å². The minimum absolute atomic E-state index is 0.0437. The van der Waals surface area contributed by atoms with Gasteiger partial charge in [-0.05, 0) is 74.0 Å². The molecule has 0 saturated carbocycles. The SMILES string of the molecule is COc1ccc(C2=NN(C(=O)CN3CCC(Cc4ccccc4)CC3)C(c3ccccc3C)C2)c(OC)c1. The molecule has 0 bridgehead atoms. The Morgan fingerprint density at radius 3 is 2.39 bits per heavy atom. The van der Waals surface area contributed by atoms with Gasteiger partial charge < -0.3 is 9.47 Å². The third-order valence-corrected chi connectivity index (χ3v) is 7.87. The number of carbonyl (C=O) groups excluding carboxylic acids is 1. The van der Waals surface area contributed by atoms with Gasteiger partial charge in [0.1, 0.15) is 11.5 Å². The van der Waals surface area contributed by atoms with Gasteiger partial charge in [-0.25, -0.2) is 5.01 Å². The number of nitrogens with zero attached hydrogens (tertiary/aromatic N) is 3. The van der Waals surface area contributed by atoms with Crippen molar-refractivity contribution in [2.75, 3.05) is 33.9 Å². The number of hydrogen-bond acceptors (Lipinski definition) is 5. The molecule has 2 aliphatic rings. The molecular weight excluding hydrogens is 474 g/mol. The highest BCUT2D eigenvalue weighted by molar-refractivity contribution is 6.05. The second kappa shape index (κ2) is 11.8. The summed E-state index contributed by atoms with van der Waals surface area (Å²) in [4.78, 5) is 16.0. The zero-order chi connectivity index (χ0) is 26.5. The van der Waals surface area contributed by atoms with E-state index in [0.29, 0.717) is 24.6 Å². The molecule has 1 amide bonds. The Labute approximate surface area is 225 Å². The van der Waals surface area contributed by atoms with E-state index in [2.05, 4.69) is 54.3 Å². The summed E-state index contributed by atoms with van der Waals surface area (Å²) in [6, 6.07) is 24.6. The Balaban J connectivity index is 1.32. The molecule has 6 heteroatoms. The van der Waals surface area contributed by atoms with Gasteiger partial charge in [0.2, 0.25) is 0 Å². The summed E-state index contributed by atoms with van der Waals surface area (Å²) < 4.78 is 11.0. The maximum Gasteiger partial charge on any atom is 0.257 e. The predicted octanol–water partition coefficient (Wildman–Crippen LogP) is 5.64. The lowest BCUT2D eigenvalue weighted by molar-refractivity contribution is -0.134. The number of aryl methyl sites for hydroxylation is 1. The molecule has 1 saturated heterocycles. The van der Waals surface area contributed by atoms with Gasteiger partial charge in [-0.15, -0.1) is 0 Å². The fraction of sp³-hybridized carbons (Fsp3) is 0.375. The van der Waals surface area contributed by atoms with Gasteiger partial charge in [0.15, 0.2) is 0 Å². The maximum atomic E-state index is 13.7. The van der Waals surface area contributed by atoms with Gasteiger partial charge in [0, 0.05) is 18.1 Å². The third kappa shape index (κ3) is 5.76. The second-order valence-electron chi connectivity index (χ2n) is 10.3. The number of carbonyl (C=O) groups is 1. The van der Waals surface area contributed by atoms with Crippen molar-refractivity contribution < 1.29 is 14.3 Å². The predicted molar refractivity (Wildman–Crippen MR) is 151 cm³/mol. The molecule has 0 spiro atoms. The number of ether oxygens (including phenoxy) is 2. The number of benzene rings is 3. The van der Waals surface area contributed by atoms with Crippen LogP contribution < -0.4 is 9.47 Å². The van der Waals surface area contributed by atoms with E-state index >= 15 is 0 Å². The van der Waals surface area contributed by atoms with Crippen LogP contribution in [0.4, 0.5) is 0 Å². The van der Waals surface area contributed by atoms with E-state index in [-0.39, 0.29) is 11.9 Å². The summed E-state index contributed by atoms with van der Waals surface area (Å²) in [5.74, 6) is 2.13. The molecule has 38 heavy (non-hydrogen) atoms. The zero-order valence-corrected chi connectivity index (χ0v) is 22.6. The fourth-order valence-electron chi connectivity index (χ4n) is 5.70. The van der Waals surface area contributed by atoms with Crippen molar-refractivity contribution >= 4 is 11.6 Å². The highest BCUT2D eigenvalue weighted by Crippen LogP contribution is 2.37. The van der Waals surface area contributed by atoms with Crippen LogP contribution in [0.25, 0.3) is 0 Å². The van der Waals surface area contributed by atoms with Crippen LogP contribution in [0.5, 0.6) is 11.5 Å². The van der Waals surface area contributed by atoms with Gasteiger partial charge in [-0.2, -0.15) is 5.10 Å². The van der Waals surface area contributed by atoms with E-state index in [4.69, 9.17) is 14.6 Å². The van der Waals surface area contributed by atoms with E-state index < -0.39 is 0 Å². The maximum absolute atomic E-state index is 13.7. The van der Waals surface area contributed by atoms with Gasteiger partial charge >= 0.3 is 0 Å². The molecule has 2 aliphatic heterocycles. The van der Waals surface area contributed by atoms with Gasteiger partial charge in [-0.1, -0.05) is 54.6 Å². The van der Waals surface area contributed by atoms with Crippen molar-refractivity contribution in [3.63, 3.8) is 0 Å². The Hall–Kier alpha value is -3.64. The molecule has 5 rings (SSSR count). The Morgan fingerprint density at radius 1 is 0.947 bits per heavy atom. The van der Waals surface area contributed by atoms with Crippen LogP contribution in [0.15, 0.2) is 77.9 Å². The Bertz CT molecular complexity index is 1280. The van der Waals surface area contributed by atoms with E-state index in [1.54, 1.807) is 19.2 Å². The zero-order valence-electron chi connectivity index (χ0n) is 22.6. The van der Waals surface area contributed by atoms with E-state index in [1.165, 1.54) is 5.56 Å². The normalized spacial score (nSPS) is 18.3. The first-order valence-electron chi connectivity index (χ1n) is 13.5. The number of amides is 1. The summed E-state index contributed by atoms with van der Waals surface area (Å²) in [5, 5.41) is 6.63. The van der Waals surface area contributed by atoms with E-state index in [9.17, 15) is 4.79 Å². The van der Waals surface area contributed by atoms with Crippen LogP contribution in [0.1, 0.15) is 47.6 Å². The quantitative estimate of drug-likeness (QED) is 0.393. The highest BCUT2D eigenvalue weighted by atomic mass is 16.5. The van der Waals surface area contributed by atoms with Crippen molar-refractivity contribution in [1.29, 1.82) is 0 Å². The molecular formula is C32H37N3O3. The van der Waals surface area contributed by atoms with Gasteiger partial charge in [-0.3, -0.25) is 9.69 Å². The molecule has 3 aromatic rings. The Kier molecular flexibility index (Phi) is 8.08. The first-order valence-corrected chi connectivity index (χ1v) is 13.5. The fourth-order valence-corrected chi connectivity index (χ4v) is 5.70. The van der Waals surface area contributed by atoms with Crippen molar-refractivity contribution in [2.24, 2.45) is 11.0 Å². The van der Waals surface area contributed by atoms with Crippen LogP contribution in [0.3, 0.4) is 0 Å². The standard InChI is InChI=1S/C32H37N3O3/c1-23-9-7-8-12-27(23)30-21-29(28-14-13-26(37-2)20-31(28)38-3)33-35(30)32(36)22-34-17-15-25(16-18-34)19-24-10-5-4-6-11-24/h4-14,20,25,30H,15-19,21-22H2,1-3H3. The van der Waals surface area contributed by atoms with Crippen LogP contribution >= 0.6 is 0 Å². The Morgan fingerprint density at radius 2 is 1.68 bits per heavy atom. The van der Waals surface area contributed by atoms with Crippen molar-refractivity contribution in [3.05, 3.63) is 95.1 Å². The lowest BCUT2D eigenvalue weighted by Crippen LogP contribution is -2.42. The first-order chi connectivity index (χ1) is 18.6. The molecule has 1 fully saturated rings. The van der Waals surface area contributed by atoms with Crippen molar-refractivity contribution in [3.8, 4) is 11.5 Å². The number of piperidine rings is 1. The van der Waals surface area contributed by atoms with Gasteiger partial charge in [0.25, 0.3) is 5.91 Å². The highest BCUT2D eigenvalue weighted by Gasteiger charge is 2.35. The van der Waals surface area contributed by atoms with Gasteiger partial charge in [0.05, 0.1) is 32.5 Å². The molecule has 6 nitrogen and oxygen atoms in total. The lowest BCUT2D eigenvalue weighted by Gasteiger charge is -2.33. The van der Waals surface area contributed by atoms with Crippen LogP contribution in [-0.4, -0.2) is 55.4 Å². The summed E-state index contributed by atoms with van der Waals surface area (Å²) in [6.07, 6.45) is 3.97. The van der Waals surface area contributed by atoms with E-state index in [0.717, 1.165) is 60.5 Å². The monoisotopic (exact) mass is 511 g/mol. The smallest absolute Gasteiger partial charge is 0.257 e. The summed E-state index contributed by atoms with van der Waals surface area (Å²) in [7, 11) is 3.29. The molecule has 1 atom stereocenters. The summed E-state index contributed by atoms with van der Waals surface area (Å²) >= 11 is 0. The average Bonchev–Trinajstić information content (AvgIpc) is 3.40. The topological polar surface area (TPSA) is 54.4 Å². The lowest BCUT2D eigenvalue weighted by atomic mass is 9.90. The molecule has 1 unspecified atom stereocenters. The molecule has 198 valence electrons. The number of hydrogen-bond donors (Lipinski definition) is 0. The average molecular weight is 512 g/mol. The molecule has 0 aliphatic carbocycles. The third-order valence-electron chi connectivity index (χ3n) is 7.87. The van der Waals surface area contributed by atoms with Crippen LogP contribution in [-0.2, 0) is 11.2 Å². The molecule has 2 heterocycles. The number of rotatable bonds is 8. The van der Waals surface area contributed by atoms with Crippen molar-refractivity contribution in [1.82, 2.24) is 9.91 Å². The first kappa shape index (κ1) is 26.0. The summed E-state index contributed by atoms with van der Waals surface area (Å²) in [5.41, 5.74) is 5.44. The van der Waals surface area contributed by atoms with Crippen LogP contribution in [0.2, 0.25) is 0 Å². The van der Waals surface area contributed by atoms with Crippen molar-refractivity contribution in [2.45, 2.75) is 38.6 Å². The minimum atomic E-state index is -0.138. The molecule has 0 radical (unpaired) electrons. The largest absolute Gasteiger partial charge is 0.497 e.